The number of carbonyl (C=O) groups excluding carboxylic acids is 1. The van der Waals surface area contributed by atoms with E-state index >= 15 is 0 Å². The van der Waals surface area contributed by atoms with Gasteiger partial charge in [-0.2, -0.15) is 4.98 Å². The van der Waals surface area contributed by atoms with E-state index in [0.717, 1.165) is 11.1 Å². The third-order valence-corrected chi connectivity index (χ3v) is 3.41. The Balaban J connectivity index is 1.57. The van der Waals surface area contributed by atoms with Crippen molar-refractivity contribution in [2.24, 2.45) is 0 Å². The number of hydrogen-bond donors (Lipinski definition) is 1. The minimum Gasteiger partial charge on any atom is -0.484 e. The standard InChI is InChI=1S/C17H14ClN3O3/c1-11-2-4-12(5-3-11)16-20-17(21-24-16)19-15(22)10-23-14-8-6-13(18)7-9-14/h2-9H,10H2,1H3,(H,19,21,22). The van der Waals surface area contributed by atoms with Crippen LogP contribution in [0.15, 0.2) is 53.1 Å². The number of aromatic nitrogens is 2. The molecule has 0 aliphatic heterocycles. The topological polar surface area (TPSA) is 77.2 Å². The first-order valence-corrected chi connectivity index (χ1v) is 7.57. The van der Waals surface area contributed by atoms with Crippen LogP contribution in [0.3, 0.4) is 0 Å². The summed E-state index contributed by atoms with van der Waals surface area (Å²) in [6.07, 6.45) is 0. The second-order valence-corrected chi connectivity index (χ2v) is 5.52. The van der Waals surface area contributed by atoms with Gasteiger partial charge in [0.15, 0.2) is 6.61 Å². The van der Waals surface area contributed by atoms with E-state index in [0.29, 0.717) is 16.7 Å². The van der Waals surface area contributed by atoms with E-state index in [1.54, 1.807) is 24.3 Å². The number of carbonyl (C=O) groups is 1. The van der Waals surface area contributed by atoms with Crippen LogP contribution in [-0.4, -0.2) is 22.7 Å². The molecule has 0 spiro atoms. The molecule has 0 unspecified atom stereocenters. The molecule has 1 amide bonds. The van der Waals surface area contributed by atoms with Crippen LogP contribution in [0.5, 0.6) is 5.75 Å². The highest BCUT2D eigenvalue weighted by Gasteiger charge is 2.11. The highest BCUT2D eigenvalue weighted by atomic mass is 35.5. The van der Waals surface area contributed by atoms with Crippen LogP contribution >= 0.6 is 11.6 Å². The monoisotopic (exact) mass is 343 g/mol. The summed E-state index contributed by atoms with van der Waals surface area (Å²) in [5.41, 5.74) is 1.91. The smallest absolute Gasteiger partial charge is 0.270 e. The zero-order chi connectivity index (χ0) is 16.9. The molecule has 1 heterocycles. The zero-order valence-electron chi connectivity index (χ0n) is 12.8. The van der Waals surface area contributed by atoms with Gasteiger partial charge in [-0.25, -0.2) is 0 Å². The summed E-state index contributed by atoms with van der Waals surface area (Å²) in [4.78, 5) is 16.0. The lowest BCUT2D eigenvalue weighted by Gasteiger charge is -2.04. The third-order valence-electron chi connectivity index (χ3n) is 3.16. The second-order valence-electron chi connectivity index (χ2n) is 5.08. The SMILES string of the molecule is Cc1ccc(-c2nc(NC(=O)COc3ccc(Cl)cc3)no2)cc1. The van der Waals surface area contributed by atoms with E-state index in [-0.39, 0.29) is 18.5 Å². The Morgan fingerprint density at radius 2 is 1.88 bits per heavy atom. The van der Waals surface area contributed by atoms with E-state index in [9.17, 15) is 4.79 Å². The van der Waals surface area contributed by atoms with Gasteiger partial charge in [-0.05, 0) is 48.5 Å². The number of nitrogens with zero attached hydrogens (tertiary/aromatic N) is 2. The Kier molecular flexibility index (Phi) is 4.77. The molecular weight excluding hydrogens is 330 g/mol. The maximum atomic E-state index is 11.9. The number of rotatable bonds is 5. The fraction of sp³-hybridized carbons (Fsp3) is 0.118. The molecule has 0 radical (unpaired) electrons. The van der Waals surface area contributed by atoms with Crippen molar-refractivity contribution in [1.29, 1.82) is 0 Å². The van der Waals surface area contributed by atoms with E-state index in [1.165, 1.54) is 0 Å². The molecule has 0 aliphatic rings. The first kappa shape index (κ1) is 16.0. The average molecular weight is 344 g/mol. The maximum Gasteiger partial charge on any atom is 0.270 e. The number of amides is 1. The van der Waals surface area contributed by atoms with E-state index in [2.05, 4.69) is 15.5 Å². The van der Waals surface area contributed by atoms with Crippen LogP contribution < -0.4 is 10.1 Å². The Morgan fingerprint density at radius 3 is 2.58 bits per heavy atom. The largest absolute Gasteiger partial charge is 0.484 e. The Bertz CT molecular complexity index is 829. The van der Waals surface area contributed by atoms with E-state index in [4.69, 9.17) is 20.9 Å². The quantitative estimate of drug-likeness (QED) is 0.764. The van der Waals surface area contributed by atoms with Gasteiger partial charge in [0, 0.05) is 10.6 Å². The van der Waals surface area contributed by atoms with Crippen LogP contribution in [0.25, 0.3) is 11.5 Å². The number of halogens is 1. The molecule has 3 rings (SSSR count). The van der Waals surface area contributed by atoms with Crippen LogP contribution in [0, 0.1) is 6.92 Å². The van der Waals surface area contributed by atoms with Crippen molar-refractivity contribution in [2.75, 3.05) is 11.9 Å². The molecule has 2 aromatic carbocycles. The Hall–Kier alpha value is -2.86. The molecule has 0 atom stereocenters. The molecule has 0 bridgehead atoms. The Morgan fingerprint density at radius 1 is 1.17 bits per heavy atom. The summed E-state index contributed by atoms with van der Waals surface area (Å²) in [6.45, 7) is 1.82. The van der Waals surface area contributed by atoms with Crippen molar-refractivity contribution in [3.05, 3.63) is 59.1 Å². The average Bonchev–Trinajstić information content (AvgIpc) is 3.03. The van der Waals surface area contributed by atoms with Crippen molar-refractivity contribution >= 4 is 23.5 Å². The van der Waals surface area contributed by atoms with Gasteiger partial charge in [-0.1, -0.05) is 29.3 Å². The van der Waals surface area contributed by atoms with Gasteiger partial charge >= 0.3 is 0 Å². The fourth-order valence-electron chi connectivity index (χ4n) is 1.93. The van der Waals surface area contributed by atoms with Crippen molar-refractivity contribution in [2.45, 2.75) is 6.92 Å². The molecule has 122 valence electrons. The van der Waals surface area contributed by atoms with Crippen molar-refractivity contribution in [3.63, 3.8) is 0 Å². The minimum atomic E-state index is -0.388. The molecule has 1 aromatic heterocycles. The lowest BCUT2D eigenvalue weighted by molar-refractivity contribution is -0.118. The number of anilines is 1. The van der Waals surface area contributed by atoms with Crippen LogP contribution in [0.1, 0.15) is 5.56 Å². The number of nitrogens with one attached hydrogen (secondary N) is 1. The van der Waals surface area contributed by atoms with Gasteiger partial charge in [0.05, 0.1) is 0 Å². The van der Waals surface area contributed by atoms with Gasteiger partial charge < -0.3 is 9.26 Å². The maximum absolute atomic E-state index is 11.9. The first-order chi connectivity index (χ1) is 11.6. The molecule has 0 saturated carbocycles. The minimum absolute atomic E-state index is 0.0929. The number of benzene rings is 2. The molecular formula is C17H14ClN3O3. The first-order valence-electron chi connectivity index (χ1n) is 7.19. The predicted octanol–water partition coefficient (Wildman–Crippen LogP) is 3.72. The van der Waals surface area contributed by atoms with Crippen molar-refractivity contribution in [3.8, 4) is 17.2 Å². The number of ether oxygens (including phenoxy) is 1. The highest BCUT2D eigenvalue weighted by Crippen LogP contribution is 2.19. The normalized spacial score (nSPS) is 10.4. The summed E-state index contributed by atoms with van der Waals surface area (Å²) in [7, 11) is 0. The summed E-state index contributed by atoms with van der Waals surface area (Å²) in [6, 6.07) is 14.4. The molecule has 1 N–H and O–H groups in total. The molecule has 0 saturated heterocycles. The third kappa shape index (κ3) is 4.11. The predicted molar refractivity (Wildman–Crippen MR) is 90.0 cm³/mol. The summed E-state index contributed by atoms with van der Waals surface area (Å²) >= 11 is 5.78. The van der Waals surface area contributed by atoms with Crippen LogP contribution in [0.4, 0.5) is 5.95 Å². The zero-order valence-corrected chi connectivity index (χ0v) is 13.6. The molecule has 24 heavy (non-hydrogen) atoms. The fourth-order valence-corrected chi connectivity index (χ4v) is 2.05. The molecule has 0 aliphatic carbocycles. The molecule has 0 fully saturated rings. The second kappa shape index (κ2) is 7.14. The van der Waals surface area contributed by atoms with Crippen LogP contribution in [0.2, 0.25) is 5.02 Å². The van der Waals surface area contributed by atoms with Gasteiger partial charge in [0.2, 0.25) is 0 Å². The van der Waals surface area contributed by atoms with Gasteiger partial charge in [-0.3, -0.25) is 10.1 Å². The Labute approximate surface area is 143 Å². The lowest BCUT2D eigenvalue weighted by atomic mass is 10.1. The summed E-state index contributed by atoms with van der Waals surface area (Å²) in [5.74, 6) is 0.586. The van der Waals surface area contributed by atoms with Crippen LogP contribution in [-0.2, 0) is 4.79 Å². The highest BCUT2D eigenvalue weighted by molar-refractivity contribution is 6.30. The van der Waals surface area contributed by atoms with E-state index < -0.39 is 0 Å². The number of hydrogen-bond acceptors (Lipinski definition) is 5. The number of aryl methyl sites for hydroxylation is 1. The van der Waals surface area contributed by atoms with Gasteiger partial charge in [-0.15, -0.1) is 0 Å². The summed E-state index contributed by atoms with van der Waals surface area (Å²) in [5, 5.41) is 6.85. The van der Waals surface area contributed by atoms with Gasteiger partial charge in [0.25, 0.3) is 17.7 Å². The lowest BCUT2D eigenvalue weighted by Crippen LogP contribution is -2.20. The van der Waals surface area contributed by atoms with Crippen molar-refractivity contribution in [1.82, 2.24) is 10.1 Å². The summed E-state index contributed by atoms with van der Waals surface area (Å²) < 4.78 is 10.5. The van der Waals surface area contributed by atoms with Crippen molar-refractivity contribution < 1.29 is 14.1 Å². The van der Waals surface area contributed by atoms with Gasteiger partial charge in [0.1, 0.15) is 5.75 Å². The molecule has 3 aromatic rings. The van der Waals surface area contributed by atoms with E-state index in [1.807, 2.05) is 31.2 Å². The molecule has 7 heteroatoms. The molecule has 6 nitrogen and oxygen atoms in total.